The first-order valence-corrected chi connectivity index (χ1v) is 54.6. The fourth-order valence-corrected chi connectivity index (χ4v) is 22.4. The first-order valence-electron chi connectivity index (χ1n) is 43.8. The number of aliphatic hydroxyl groups excluding tert-OH is 1. The van der Waals surface area contributed by atoms with Gasteiger partial charge in [-0.2, -0.15) is 9.97 Å². The number of rotatable bonds is 52. The topological polar surface area (TPSA) is 752 Å². The smallest absolute Gasteiger partial charge is 0.387 e. The van der Waals surface area contributed by atoms with Crippen LogP contribution in [0, 0.1) is 34.6 Å². The number of aliphatic hydroxyl groups is 1. The third-order valence-corrected chi connectivity index (χ3v) is 29.9. The van der Waals surface area contributed by atoms with Crippen LogP contribution in [0.25, 0.3) is 11.2 Å². The summed E-state index contributed by atoms with van der Waals surface area (Å²) in [6.45, 7) is -13.1. The Morgan fingerprint density at radius 1 is 0.392 bits per heavy atom. The van der Waals surface area contributed by atoms with Crippen molar-refractivity contribution in [2.24, 2.45) is 0 Å². The van der Waals surface area contributed by atoms with Gasteiger partial charge in [-0.05, 0) is 76.5 Å². The number of nitrogens with two attached hydrogens (primary N) is 3. The van der Waals surface area contributed by atoms with Crippen LogP contribution >= 0.6 is 35.8 Å². The van der Waals surface area contributed by atoms with Crippen molar-refractivity contribution >= 4 is 99.8 Å². The number of fused-ring (bicyclic) bond motifs is 1. The van der Waals surface area contributed by atoms with Gasteiger partial charge in [0.15, 0.2) is 42.6 Å². The minimum Gasteiger partial charge on any atom is -0.387 e. The first-order chi connectivity index (χ1) is 67.8. The Balaban J connectivity index is 0.793. The molecule has 6 fully saturated rings. The van der Waals surface area contributed by atoms with Crippen LogP contribution in [0.1, 0.15) is 85.0 Å². The van der Waals surface area contributed by atoms with Gasteiger partial charge in [-0.25, -0.2) is 48.1 Å². The first kappa shape index (κ1) is 113. The summed E-state index contributed by atoms with van der Waals surface area (Å²) in [6, 6.07) is 0. The predicted molar refractivity (Wildman–Crippen MR) is 499 cm³/mol. The highest BCUT2D eigenvalue weighted by molar-refractivity contribution is 8.07. The van der Waals surface area contributed by atoms with E-state index >= 15 is 9.13 Å². The van der Waals surface area contributed by atoms with Gasteiger partial charge < -0.3 is 141 Å². The molecule has 6 aliphatic heterocycles. The number of ether oxygens (including phenoxy) is 16. The summed E-state index contributed by atoms with van der Waals surface area (Å²) in [5.41, 5.74) is 11.5. The van der Waals surface area contributed by atoms with E-state index in [0.717, 1.165) is 35.2 Å². The Morgan fingerprint density at radius 2 is 0.720 bits per heavy atom. The Morgan fingerprint density at radius 3 is 1.11 bits per heavy atom. The van der Waals surface area contributed by atoms with Crippen molar-refractivity contribution in [2.45, 2.75) is 196 Å². The average Bonchev–Trinajstić information content (AvgIpc) is 1.59. The Labute approximate surface area is 825 Å². The summed E-state index contributed by atoms with van der Waals surface area (Å²) in [4.78, 5) is 196. The number of phosphoric ester groups is 2. The zero-order valence-corrected chi connectivity index (χ0v) is 85.3. The quantitative estimate of drug-likeness (QED) is 0.0143. The van der Waals surface area contributed by atoms with Crippen LogP contribution in [0.3, 0.4) is 0 Å². The molecule has 15 N–H and O–H groups in total. The maximum absolute atomic E-state index is 15.4. The lowest BCUT2D eigenvalue weighted by Gasteiger charge is -2.30. The summed E-state index contributed by atoms with van der Waals surface area (Å²) >= 11 is 17.0. The fourth-order valence-electron chi connectivity index (χ4n) is 16.1. The second-order valence-corrected chi connectivity index (χ2v) is 44.2. The lowest BCUT2D eigenvalue weighted by Crippen LogP contribution is -2.42. The molecular formula is C76H112N17O42P5S3. The van der Waals surface area contributed by atoms with E-state index in [9.17, 15) is 67.9 Å². The van der Waals surface area contributed by atoms with E-state index in [-0.39, 0.29) is 122 Å². The monoisotopic (exact) mass is 2190 g/mol. The van der Waals surface area contributed by atoms with Gasteiger partial charge in [0.1, 0.15) is 121 Å². The second kappa shape index (κ2) is 49.1. The van der Waals surface area contributed by atoms with E-state index in [1.54, 1.807) is 6.92 Å². The molecule has 10 unspecified atom stereocenters. The predicted octanol–water partition coefficient (Wildman–Crippen LogP) is -2.16. The summed E-state index contributed by atoms with van der Waals surface area (Å²) in [5.74, 6) is -0.352. The van der Waals surface area contributed by atoms with Crippen LogP contribution in [-0.2, 0) is 166 Å². The number of nitrogens with zero attached hydrogens (tertiary/aromatic N) is 11. The third kappa shape index (κ3) is 27.6. The number of aromatic nitrogens is 14. The number of H-pyrrole nitrogens is 3. The van der Waals surface area contributed by atoms with Gasteiger partial charge in [-0.3, -0.25) is 83.9 Å². The lowest BCUT2D eigenvalue weighted by molar-refractivity contribution is -0.0853. The molecule has 0 bridgehead atoms. The van der Waals surface area contributed by atoms with Gasteiger partial charge in [0.25, 0.3) is 16.7 Å². The molecule has 143 heavy (non-hydrogen) atoms. The molecule has 59 nitrogen and oxygen atoms in total. The Hall–Kier alpha value is -7.12. The van der Waals surface area contributed by atoms with Crippen molar-refractivity contribution in [1.29, 1.82) is 0 Å². The maximum Gasteiger partial charge on any atom is 0.472 e. The number of imidazole rings is 1. The van der Waals surface area contributed by atoms with Crippen molar-refractivity contribution in [3.8, 4) is 0 Å². The van der Waals surface area contributed by atoms with E-state index < -0.39 is 268 Å². The number of phosphoric acid groups is 2. The SMILES string of the molecule is CC[C@H]1O[C@@H](n2cc(C)c(=O)[nH]c2=O)C[C@H]1OP(O)(=S)OC[C@H]1O[C@@H](n2cc(C)c(N)nc2=O)C(OCCOC)[C@H]1OP(=O)(O)OC[C@H]1O[C@@H](n2cc(C)c(=O)[nH]c2=O)C(OCCOC)[C@H]1OP(=O)(O)OC[C@H]1O[C@@H](n2cc(C)c(=O)[nH]c2=O)C(OCCOC)[C@H]1OP(O)(=S)OC[C@H]1O[C@@H](n2cc(C)c(N)nc2=O)C(OCCOC)[C@H]1OP(O)(=S)OC[C@H]1O[C@@H](n2cnc3c(N)ncnc32)C(OCCOC)[C@H]1O. The standard InChI is InChI=1S/C76H112N17O42P5S3/c1-12-41-42(23-48(125-41)88-26-38(4)64(95)85-74(88)100)131-138(107,141)123-32-46-52(57(117-20-15-112-9)68(129-46)89-24-36(2)60(77)83-72(89)98)133-136(103,104)120-30-44-51(56(116-19-14-111-8)69(127-44)91-27-39(5)65(96)86-75(91)101)132-137(105,106)121-31-45-53(58(118-21-16-113-10)71(128-45)92-28-40(6)66(97)87-76(92)102)134-140(109,143)124-33-47-54(59(119-22-17-114-11)70(130-47)90-25-37(3)61(78)84-73(90)99)135-139(108,142)122-29-43-50(94)55(115-18-13-110-7)67(126-43)93-35-82-49-62(79)80-34-81-63(49)93/h24-28,34-35,41-48,50-59,67-71,94H,12-23,29-33H2,1-11H3,(H,103,104)(H,105,106)(H,107,141)(H,108,142)(H,109,143)(H2,77,83,98)(H2,78,84,99)(H2,79,80,81)(H,85,95,100)(H,86,96,101)(H,87,97,102)/t41-,42-,43-,44-,45-,46-,47-,48-,50+,51+,52+,53+,54+,55?,56?,57?,58?,59?,67-,68-,69-,70-,71-,138?,139?,140?/m1/s1. The van der Waals surface area contributed by atoms with Crippen molar-refractivity contribution in [1.82, 2.24) is 67.3 Å². The van der Waals surface area contributed by atoms with Crippen molar-refractivity contribution in [3.05, 3.63) is 155 Å². The molecule has 0 spiro atoms. The zero-order chi connectivity index (χ0) is 104. The molecule has 0 radical (unpaired) electrons. The molecule has 28 atom stereocenters. The highest BCUT2D eigenvalue weighted by Gasteiger charge is 2.59. The Kier molecular flexibility index (Phi) is 38.8. The molecule has 0 aromatic carbocycles. The van der Waals surface area contributed by atoms with Crippen molar-refractivity contribution in [2.75, 3.05) is 152 Å². The summed E-state index contributed by atoms with van der Waals surface area (Å²) in [6.07, 6.45) is -29.2. The van der Waals surface area contributed by atoms with Crippen LogP contribution in [0.2, 0.25) is 0 Å². The molecule has 13 rings (SSSR count). The van der Waals surface area contributed by atoms with E-state index in [2.05, 4.69) is 39.9 Å². The Bertz CT molecular complexity index is 6360. The van der Waals surface area contributed by atoms with Crippen LogP contribution in [0.5, 0.6) is 0 Å². The van der Waals surface area contributed by atoms with Gasteiger partial charge >= 0.3 is 64.2 Å². The van der Waals surface area contributed by atoms with Crippen molar-refractivity contribution in [3.63, 3.8) is 0 Å². The number of hydrogen-bond acceptors (Lipinski definition) is 48. The summed E-state index contributed by atoms with van der Waals surface area (Å²) in [7, 11) is -5.19. The van der Waals surface area contributed by atoms with Gasteiger partial charge in [-0.15, -0.1) is 0 Å². The van der Waals surface area contributed by atoms with E-state index in [1.165, 1.54) is 106 Å². The van der Waals surface area contributed by atoms with Crippen LogP contribution in [0.15, 0.2) is 82.0 Å². The van der Waals surface area contributed by atoms with Crippen LogP contribution < -0.4 is 62.3 Å². The van der Waals surface area contributed by atoms with E-state index in [0.29, 0.717) is 0 Å². The van der Waals surface area contributed by atoms with Gasteiger partial charge in [-0.1, -0.05) is 6.92 Å². The maximum atomic E-state index is 15.4. The van der Waals surface area contributed by atoms with Gasteiger partial charge in [0, 0.05) is 101 Å². The number of methoxy groups -OCH3 is 5. The molecule has 7 aromatic rings. The van der Waals surface area contributed by atoms with Crippen LogP contribution in [-0.4, -0.2) is 335 Å². The minimum atomic E-state index is -5.98. The van der Waals surface area contributed by atoms with Gasteiger partial charge in [0.05, 0.1) is 118 Å². The molecule has 0 amide bonds. The molecule has 6 saturated heterocycles. The highest BCUT2D eigenvalue weighted by Crippen LogP contribution is 2.58. The summed E-state index contributed by atoms with van der Waals surface area (Å²) < 4.78 is 192. The highest BCUT2D eigenvalue weighted by atomic mass is 32.5. The second-order valence-electron chi connectivity index (χ2n) is 33.0. The van der Waals surface area contributed by atoms with Crippen molar-refractivity contribution < 1.29 is 160 Å². The molecular weight excluding hydrogens is 2070 g/mol. The number of nitrogen functional groups attached to an aromatic ring is 3. The number of anilines is 3. The lowest BCUT2D eigenvalue weighted by atomic mass is 10.1. The van der Waals surface area contributed by atoms with E-state index in [4.69, 9.17) is 174 Å². The summed E-state index contributed by atoms with van der Waals surface area (Å²) in [5, 5.41) is 11.9. The molecule has 67 heteroatoms. The van der Waals surface area contributed by atoms with Crippen LogP contribution in [0.4, 0.5) is 17.5 Å². The zero-order valence-electron chi connectivity index (χ0n) is 78.3. The third-order valence-electron chi connectivity index (χ3n) is 23.2. The molecule has 13 heterocycles. The molecule has 796 valence electrons. The normalized spacial score (nSPS) is 29.4. The molecule has 0 aliphatic carbocycles. The van der Waals surface area contributed by atoms with Gasteiger partial charge in [0.2, 0.25) is 0 Å². The minimum absolute atomic E-state index is 0.0265. The number of aryl methyl sites for hydroxylation is 5. The van der Waals surface area contributed by atoms with E-state index in [1.807, 2.05) is 0 Å². The number of hydrogen-bond donors (Lipinski definition) is 12. The average molecular weight is 2190 g/mol. The molecule has 6 aliphatic rings. The number of nitrogens with one attached hydrogen (secondary N) is 3. The molecule has 0 saturated carbocycles. The fraction of sp³-hybridized carbons (Fsp3) is 0.671. The molecule has 7 aromatic heterocycles. The number of aromatic amines is 3. The largest absolute Gasteiger partial charge is 0.472 e.